The SMILES string of the molecule is CC1C(NC(=O)c2c(C#N)c(S(=O)(=O)N[C@H](C)C(F)(F)F)cn2C)=CC=C(F)C1C#N. The van der Waals surface area contributed by atoms with Crippen molar-refractivity contribution in [2.24, 2.45) is 18.9 Å². The molecule has 0 radical (unpaired) electrons. The Morgan fingerprint density at radius 3 is 2.42 bits per heavy atom. The Hall–Kier alpha value is -3.16. The van der Waals surface area contributed by atoms with E-state index in [2.05, 4.69) is 5.32 Å². The fraction of sp³-hybridized carbons (Fsp3) is 0.389. The first-order chi connectivity index (χ1) is 14.2. The molecule has 8 nitrogen and oxygen atoms in total. The van der Waals surface area contributed by atoms with Crippen LogP contribution in [-0.4, -0.2) is 31.1 Å². The molecule has 1 amide bonds. The number of carbonyl (C=O) groups is 1. The molecule has 0 fully saturated rings. The number of aromatic nitrogens is 1. The molecule has 0 saturated carbocycles. The zero-order valence-electron chi connectivity index (χ0n) is 16.5. The number of nitrogens with zero attached hydrogens (tertiary/aromatic N) is 3. The van der Waals surface area contributed by atoms with Crippen LogP contribution in [0.5, 0.6) is 0 Å². The van der Waals surface area contributed by atoms with Crippen LogP contribution >= 0.6 is 0 Å². The molecule has 3 atom stereocenters. The highest BCUT2D eigenvalue weighted by Crippen LogP contribution is 2.31. The molecule has 0 aromatic carbocycles. The van der Waals surface area contributed by atoms with Gasteiger partial charge >= 0.3 is 6.18 Å². The largest absolute Gasteiger partial charge is 0.404 e. The first-order valence-corrected chi connectivity index (χ1v) is 10.2. The maximum atomic E-state index is 13.7. The van der Waals surface area contributed by atoms with Crippen molar-refractivity contribution in [1.29, 1.82) is 10.5 Å². The van der Waals surface area contributed by atoms with Crippen LogP contribution < -0.4 is 10.0 Å². The van der Waals surface area contributed by atoms with E-state index in [1.165, 1.54) is 30.8 Å². The second-order valence-corrected chi connectivity index (χ2v) is 8.53. The predicted molar refractivity (Wildman–Crippen MR) is 99.0 cm³/mol. The second kappa shape index (κ2) is 8.53. The fourth-order valence-corrected chi connectivity index (χ4v) is 4.34. The van der Waals surface area contributed by atoms with Gasteiger partial charge in [0.2, 0.25) is 10.0 Å². The molecule has 0 saturated heterocycles. The summed E-state index contributed by atoms with van der Waals surface area (Å²) in [5.74, 6) is -3.53. The topological polar surface area (TPSA) is 128 Å². The predicted octanol–water partition coefficient (Wildman–Crippen LogP) is 2.38. The lowest BCUT2D eigenvalue weighted by atomic mass is 9.87. The third kappa shape index (κ3) is 4.78. The fourth-order valence-electron chi connectivity index (χ4n) is 2.91. The summed E-state index contributed by atoms with van der Waals surface area (Å²) in [6.07, 6.45) is -1.79. The van der Waals surface area contributed by atoms with E-state index in [1.54, 1.807) is 6.07 Å². The van der Waals surface area contributed by atoms with E-state index >= 15 is 0 Å². The van der Waals surface area contributed by atoms with E-state index in [9.17, 15) is 36.0 Å². The highest BCUT2D eigenvalue weighted by atomic mass is 32.2. The van der Waals surface area contributed by atoms with E-state index in [0.29, 0.717) is 6.92 Å². The van der Waals surface area contributed by atoms with Crippen LogP contribution in [0.25, 0.3) is 0 Å². The lowest BCUT2D eigenvalue weighted by Crippen LogP contribution is -2.43. The Morgan fingerprint density at radius 2 is 1.90 bits per heavy atom. The highest BCUT2D eigenvalue weighted by Gasteiger charge is 2.40. The quantitative estimate of drug-likeness (QED) is 0.654. The maximum absolute atomic E-state index is 13.7. The van der Waals surface area contributed by atoms with Gasteiger partial charge in [-0.2, -0.15) is 28.4 Å². The monoisotopic (exact) mass is 459 g/mol. The van der Waals surface area contributed by atoms with Gasteiger partial charge in [0.15, 0.2) is 0 Å². The van der Waals surface area contributed by atoms with Crippen LogP contribution in [-0.2, 0) is 17.1 Å². The molecule has 2 N–H and O–H groups in total. The lowest BCUT2D eigenvalue weighted by Gasteiger charge is -2.23. The van der Waals surface area contributed by atoms with Crippen LogP contribution in [0.2, 0.25) is 0 Å². The van der Waals surface area contributed by atoms with Crippen LogP contribution in [0.1, 0.15) is 29.9 Å². The van der Waals surface area contributed by atoms with E-state index in [4.69, 9.17) is 5.26 Å². The Morgan fingerprint density at radius 1 is 1.29 bits per heavy atom. The number of hydrogen-bond donors (Lipinski definition) is 2. The molecule has 0 aliphatic heterocycles. The molecule has 1 aromatic heterocycles. The van der Waals surface area contributed by atoms with E-state index in [-0.39, 0.29) is 5.70 Å². The number of rotatable bonds is 5. The number of sulfonamides is 1. The number of hydrogen-bond acceptors (Lipinski definition) is 5. The van der Waals surface area contributed by atoms with Crippen molar-refractivity contribution in [3.8, 4) is 12.1 Å². The van der Waals surface area contributed by atoms with Gasteiger partial charge in [0, 0.05) is 24.9 Å². The minimum atomic E-state index is -4.86. The van der Waals surface area contributed by atoms with Gasteiger partial charge in [-0.3, -0.25) is 4.79 Å². The summed E-state index contributed by atoms with van der Waals surface area (Å²) >= 11 is 0. The normalized spacial score (nSPS) is 20.2. The third-order valence-electron chi connectivity index (χ3n) is 4.69. The molecule has 0 bridgehead atoms. The summed E-state index contributed by atoms with van der Waals surface area (Å²) in [4.78, 5) is 11.9. The highest BCUT2D eigenvalue weighted by molar-refractivity contribution is 7.89. The van der Waals surface area contributed by atoms with Crippen molar-refractivity contribution in [3.63, 3.8) is 0 Å². The molecule has 31 heavy (non-hydrogen) atoms. The van der Waals surface area contributed by atoms with Crippen molar-refractivity contribution in [1.82, 2.24) is 14.6 Å². The Balaban J connectivity index is 2.42. The standard InChI is InChI=1S/C18H17F4N5O3S/c1-9-11(6-23)13(19)4-5-14(9)25-17(28)16-12(7-24)15(8-27(16)3)31(29,30)26-10(2)18(20,21)22/h4-5,8-11,26H,1-3H3,(H,25,28)/t9?,10-,11?/m1/s1. The summed E-state index contributed by atoms with van der Waals surface area (Å²) < 4.78 is 79.2. The average molecular weight is 459 g/mol. The van der Waals surface area contributed by atoms with E-state index in [0.717, 1.165) is 16.8 Å². The van der Waals surface area contributed by atoms with Crippen molar-refractivity contribution in [2.45, 2.75) is 31.0 Å². The third-order valence-corrected chi connectivity index (χ3v) is 6.25. The molecule has 0 spiro atoms. The first kappa shape index (κ1) is 24.1. The number of nitriles is 2. The smallest absolute Gasteiger partial charge is 0.344 e. The van der Waals surface area contributed by atoms with E-state index < -0.39 is 62.0 Å². The number of amides is 1. The summed E-state index contributed by atoms with van der Waals surface area (Å²) in [5, 5.41) is 20.9. The van der Waals surface area contributed by atoms with Crippen molar-refractivity contribution in [3.05, 3.63) is 41.1 Å². The number of aryl methyl sites for hydroxylation is 1. The van der Waals surface area contributed by atoms with Gasteiger partial charge in [0.1, 0.15) is 40.0 Å². The number of nitrogens with one attached hydrogen (secondary N) is 2. The summed E-state index contributed by atoms with van der Waals surface area (Å²) in [6.45, 7) is 2.08. The minimum absolute atomic E-state index is 0.149. The van der Waals surface area contributed by atoms with Gasteiger partial charge < -0.3 is 9.88 Å². The molecule has 1 aromatic rings. The van der Waals surface area contributed by atoms with Gasteiger partial charge in [-0.15, -0.1) is 0 Å². The molecule has 2 unspecified atom stereocenters. The molecule has 2 rings (SSSR count). The number of carbonyl (C=O) groups excluding carboxylic acids is 1. The molecule has 1 aliphatic rings. The number of allylic oxidation sites excluding steroid dienone is 4. The van der Waals surface area contributed by atoms with Crippen LogP contribution in [0.3, 0.4) is 0 Å². The lowest BCUT2D eigenvalue weighted by molar-refractivity contribution is -0.147. The number of alkyl halides is 3. The zero-order chi connectivity index (χ0) is 23.7. The van der Waals surface area contributed by atoms with Crippen molar-refractivity contribution in [2.75, 3.05) is 0 Å². The van der Waals surface area contributed by atoms with Crippen molar-refractivity contribution < 1.29 is 30.8 Å². The molecule has 166 valence electrons. The maximum Gasteiger partial charge on any atom is 0.404 e. The Labute approximate surface area is 175 Å². The Bertz CT molecular complexity index is 1150. The molecule has 1 heterocycles. The van der Waals surface area contributed by atoms with E-state index in [1.807, 2.05) is 0 Å². The first-order valence-electron chi connectivity index (χ1n) is 8.71. The van der Waals surface area contributed by atoms with Crippen LogP contribution in [0, 0.1) is 34.5 Å². The van der Waals surface area contributed by atoms with Crippen LogP contribution in [0.15, 0.2) is 34.8 Å². The number of halogens is 4. The summed E-state index contributed by atoms with van der Waals surface area (Å²) in [7, 11) is -3.56. The van der Waals surface area contributed by atoms with Crippen molar-refractivity contribution >= 4 is 15.9 Å². The van der Waals surface area contributed by atoms with Gasteiger partial charge in [-0.25, -0.2) is 12.8 Å². The zero-order valence-corrected chi connectivity index (χ0v) is 17.3. The van der Waals surface area contributed by atoms with Gasteiger partial charge in [-0.05, 0) is 19.1 Å². The summed E-state index contributed by atoms with van der Waals surface area (Å²) in [5.41, 5.74) is -0.945. The molecular weight excluding hydrogens is 442 g/mol. The van der Waals surface area contributed by atoms with Crippen LogP contribution in [0.4, 0.5) is 17.6 Å². The second-order valence-electron chi connectivity index (χ2n) is 6.85. The van der Waals surface area contributed by atoms with Gasteiger partial charge in [0.25, 0.3) is 5.91 Å². The molecule has 1 aliphatic carbocycles. The average Bonchev–Trinajstić information content (AvgIpc) is 3.00. The minimum Gasteiger partial charge on any atom is -0.344 e. The Kier molecular flexibility index (Phi) is 6.63. The molecule has 13 heteroatoms. The van der Waals surface area contributed by atoms with Gasteiger partial charge in [0.05, 0.1) is 6.07 Å². The van der Waals surface area contributed by atoms with Gasteiger partial charge in [-0.1, -0.05) is 6.92 Å². The molecular formula is C18H17F4N5O3S. The summed E-state index contributed by atoms with van der Waals surface area (Å²) in [6, 6.07) is 0.865.